The fraction of sp³-hybridized carbons (Fsp3) is 0.286. The lowest BCUT2D eigenvalue weighted by molar-refractivity contribution is -0.134. The Bertz CT molecular complexity index is 511. The van der Waals surface area contributed by atoms with Crippen molar-refractivity contribution < 1.29 is 14.3 Å². The maximum atomic E-state index is 11.9. The Morgan fingerprint density at radius 3 is 2.95 bits per heavy atom. The molecule has 0 atom stereocenters. The Kier molecular flexibility index (Phi) is 4.30. The van der Waals surface area contributed by atoms with E-state index in [1.54, 1.807) is 11.0 Å². The second kappa shape index (κ2) is 6.15. The van der Waals surface area contributed by atoms with Gasteiger partial charge in [-0.15, -0.1) is 0 Å². The number of nitrogens with zero attached hydrogens (tertiary/aromatic N) is 1. The molecule has 0 aromatic heterocycles. The predicted octanol–water partition coefficient (Wildman–Crippen LogP) is 0.809. The minimum atomic E-state index is -0.415. The number of ether oxygens (including phenoxy) is 1. The van der Waals surface area contributed by atoms with Crippen LogP contribution in [0.15, 0.2) is 30.3 Å². The van der Waals surface area contributed by atoms with E-state index < -0.39 is 5.97 Å². The number of esters is 1. The molecule has 5 heteroatoms. The molecule has 1 N–H and O–H groups in total. The number of rotatable bonds is 3. The Labute approximate surface area is 111 Å². The van der Waals surface area contributed by atoms with Crippen molar-refractivity contribution in [3.05, 3.63) is 35.9 Å². The number of carbonyl (C=O) groups is 2. The van der Waals surface area contributed by atoms with Gasteiger partial charge < -0.3 is 15.0 Å². The molecule has 1 amide bonds. The molecule has 1 aromatic rings. The largest absolute Gasteiger partial charge is 0.466 e. The van der Waals surface area contributed by atoms with Crippen LogP contribution < -0.4 is 10.2 Å². The lowest BCUT2D eigenvalue weighted by atomic mass is 10.1. The van der Waals surface area contributed by atoms with Crippen LogP contribution >= 0.6 is 0 Å². The van der Waals surface area contributed by atoms with E-state index in [0.717, 1.165) is 17.8 Å². The van der Waals surface area contributed by atoms with Gasteiger partial charge in [-0.3, -0.25) is 4.79 Å². The summed E-state index contributed by atoms with van der Waals surface area (Å²) in [4.78, 5) is 24.8. The average Bonchev–Trinajstić information content (AvgIpc) is 2.45. The van der Waals surface area contributed by atoms with Crippen LogP contribution in [0.1, 0.15) is 5.56 Å². The summed E-state index contributed by atoms with van der Waals surface area (Å²) in [6.07, 6.45) is 3.02. The quantitative estimate of drug-likeness (QED) is 0.645. The van der Waals surface area contributed by atoms with Crippen molar-refractivity contribution in [2.45, 2.75) is 0 Å². The standard InChI is InChI=1S/C14H16N2O3/c1-19-14(18)7-6-11-4-2-3-5-12(11)16-9-8-15-10-13(16)17/h2-7,15H,8-10H2,1H3/b7-6+. The normalized spacial score (nSPS) is 15.8. The van der Waals surface area contributed by atoms with Crippen LogP contribution in [0.25, 0.3) is 6.08 Å². The van der Waals surface area contributed by atoms with E-state index in [0.29, 0.717) is 13.1 Å². The fourth-order valence-electron chi connectivity index (χ4n) is 1.96. The molecule has 1 heterocycles. The molecule has 1 aromatic carbocycles. The highest BCUT2D eigenvalue weighted by atomic mass is 16.5. The van der Waals surface area contributed by atoms with E-state index in [1.807, 2.05) is 24.3 Å². The number of carbonyl (C=O) groups excluding carboxylic acids is 2. The third-order valence-electron chi connectivity index (χ3n) is 2.92. The summed E-state index contributed by atoms with van der Waals surface area (Å²) in [5, 5.41) is 3.03. The van der Waals surface area contributed by atoms with Gasteiger partial charge in [0.25, 0.3) is 0 Å². The number of anilines is 1. The second-order valence-corrected chi connectivity index (χ2v) is 4.14. The highest BCUT2D eigenvalue weighted by Crippen LogP contribution is 2.22. The van der Waals surface area contributed by atoms with E-state index in [-0.39, 0.29) is 5.91 Å². The molecule has 0 saturated carbocycles. The molecule has 0 unspecified atom stereocenters. The minimum Gasteiger partial charge on any atom is -0.466 e. The Morgan fingerprint density at radius 2 is 2.21 bits per heavy atom. The summed E-state index contributed by atoms with van der Waals surface area (Å²) < 4.78 is 4.56. The highest BCUT2D eigenvalue weighted by molar-refractivity contribution is 5.98. The topological polar surface area (TPSA) is 58.6 Å². The van der Waals surface area contributed by atoms with Crippen molar-refractivity contribution >= 4 is 23.6 Å². The van der Waals surface area contributed by atoms with E-state index in [9.17, 15) is 9.59 Å². The zero-order valence-corrected chi connectivity index (χ0v) is 10.8. The van der Waals surface area contributed by atoms with Crippen molar-refractivity contribution in [1.82, 2.24) is 5.32 Å². The van der Waals surface area contributed by atoms with Crippen LogP contribution in [-0.4, -0.2) is 38.6 Å². The molecule has 1 aliphatic heterocycles. The fourth-order valence-corrected chi connectivity index (χ4v) is 1.96. The first-order valence-electron chi connectivity index (χ1n) is 6.08. The number of amides is 1. The number of hydrogen-bond donors (Lipinski definition) is 1. The van der Waals surface area contributed by atoms with Crippen LogP contribution in [-0.2, 0) is 14.3 Å². The molecular formula is C14H16N2O3. The van der Waals surface area contributed by atoms with Gasteiger partial charge >= 0.3 is 5.97 Å². The summed E-state index contributed by atoms with van der Waals surface area (Å²) in [6, 6.07) is 7.48. The number of hydrogen-bond acceptors (Lipinski definition) is 4. The lowest BCUT2D eigenvalue weighted by Crippen LogP contribution is -2.48. The summed E-state index contributed by atoms with van der Waals surface area (Å²) in [5.74, 6) is -0.383. The number of nitrogens with one attached hydrogen (secondary N) is 1. The van der Waals surface area contributed by atoms with Gasteiger partial charge in [-0.2, -0.15) is 0 Å². The summed E-state index contributed by atoms with van der Waals surface area (Å²) in [7, 11) is 1.33. The van der Waals surface area contributed by atoms with Gasteiger partial charge in [0.15, 0.2) is 0 Å². The zero-order chi connectivity index (χ0) is 13.7. The van der Waals surface area contributed by atoms with Crippen LogP contribution in [0, 0.1) is 0 Å². The molecule has 0 spiro atoms. The first-order chi connectivity index (χ1) is 9.22. The Balaban J connectivity index is 2.27. The van der Waals surface area contributed by atoms with Crippen molar-refractivity contribution in [3.63, 3.8) is 0 Å². The molecular weight excluding hydrogens is 244 g/mol. The maximum absolute atomic E-state index is 11.9. The van der Waals surface area contributed by atoms with Crippen LogP contribution in [0.3, 0.4) is 0 Å². The smallest absolute Gasteiger partial charge is 0.330 e. The summed E-state index contributed by atoms with van der Waals surface area (Å²) >= 11 is 0. The van der Waals surface area contributed by atoms with E-state index >= 15 is 0 Å². The van der Waals surface area contributed by atoms with Gasteiger partial charge in [0, 0.05) is 19.2 Å². The van der Waals surface area contributed by atoms with E-state index in [4.69, 9.17) is 0 Å². The molecule has 2 rings (SSSR count). The molecule has 5 nitrogen and oxygen atoms in total. The minimum absolute atomic E-state index is 0.0326. The number of methoxy groups -OCH3 is 1. The average molecular weight is 260 g/mol. The monoisotopic (exact) mass is 260 g/mol. The summed E-state index contributed by atoms with van der Waals surface area (Å²) in [5.41, 5.74) is 1.64. The maximum Gasteiger partial charge on any atom is 0.330 e. The Morgan fingerprint density at radius 1 is 1.42 bits per heavy atom. The summed E-state index contributed by atoms with van der Waals surface area (Å²) in [6.45, 7) is 1.73. The first kappa shape index (κ1) is 13.3. The van der Waals surface area contributed by atoms with E-state index in [2.05, 4.69) is 10.1 Å². The van der Waals surface area contributed by atoms with Gasteiger partial charge in [0.2, 0.25) is 5.91 Å². The van der Waals surface area contributed by atoms with Gasteiger partial charge in [0.1, 0.15) is 0 Å². The zero-order valence-electron chi connectivity index (χ0n) is 10.8. The van der Waals surface area contributed by atoms with Crippen molar-refractivity contribution in [3.8, 4) is 0 Å². The molecule has 0 radical (unpaired) electrons. The Hall–Kier alpha value is -2.14. The van der Waals surface area contributed by atoms with Crippen molar-refractivity contribution in [2.75, 3.05) is 31.6 Å². The molecule has 0 aliphatic carbocycles. The second-order valence-electron chi connectivity index (χ2n) is 4.14. The highest BCUT2D eigenvalue weighted by Gasteiger charge is 2.20. The number of benzene rings is 1. The number of piperazine rings is 1. The number of para-hydroxylation sites is 1. The molecule has 0 bridgehead atoms. The van der Waals surface area contributed by atoms with E-state index in [1.165, 1.54) is 13.2 Å². The van der Waals surface area contributed by atoms with Gasteiger partial charge in [-0.05, 0) is 17.7 Å². The first-order valence-corrected chi connectivity index (χ1v) is 6.08. The molecule has 1 aliphatic rings. The SMILES string of the molecule is COC(=O)/C=C/c1ccccc1N1CCNCC1=O. The molecule has 19 heavy (non-hydrogen) atoms. The van der Waals surface area contributed by atoms with Crippen LogP contribution in [0.2, 0.25) is 0 Å². The van der Waals surface area contributed by atoms with Crippen molar-refractivity contribution in [2.24, 2.45) is 0 Å². The van der Waals surface area contributed by atoms with Crippen molar-refractivity contribution in [1.29, 1.82) is 0 Å². The van der Waals surface area contributed by atoms with Crippen LogP contribution in [0.4, 0.5) is 5.69 Å². The van der Waals surface area contributed by atoms with Gasteiger partial charge in [0.05, 0.1) is 19.3 Å². The van der Waals surface area contributed by atoms with Crippen LogP contribution in [0.5, 0.6) is 0 Å². The van der Waals surface area contributed by atoms with Gasteiger partial charge in [-0.25, -0.2) is 4.79 Å². The molecule has 100 valence electrons. The predicted molar refractivity (Wildman–Crippen MR) is 72.7 cm³/mol. The molecule has 1 fully saturated rings. The third kappa shape index (κ3) is 3.20. The lowest BCUT2D eigenvalue weighted by Gasteiger charge is -2.28. The van der Waals surface area contributed by atoms with Gasteiger partial charge in [-0.1, -0.05) is 18.2 Å². The third-order valence-corrected chi connectivity index (χ3v) is 2.92. The molecule has 1 saturated heterocycles.